The molecule has 2 heterocycles. The lowest BCUT2D eigenvalue weighted by molar-refractivity contribution is 0.0508. The molecule has 0 saturated heterocycles. The third-order valence-electron chi connectivity index (χ3n) is 5.61. The monoisotopic (exact) mass is 446 g/mol. The van der Waals surface area contributed by atoms with E-state index in [1.165, 1.54) is 0 Å². The number of hydrogen-bond donors (Lipinski definition) is 2. The van der Waals surface area contributed by atoms with Gasteiger partial charge in [-0.3, -0.25) is 4.79 Å². The Morgan fingerprint density at radius 2 is 1.82 bits per heavy atom. The van der Waals surface area contributed by atoms with Crippen molar-refractivity contribution in [2.45, 2.75) is 60.1 Å². The van der Waals surface area contributed by atoms with Gasteiger partial charge in [0.05, 0.1) is 11.4 Å². The van der Waals surface area contributed by atoms with Crippen LogP contribution >= 0.6 is 0 Å². The number of aromatic amines is 1. The fraction of sp³-hybridized carbons (Fsp3) is 0.333. The molecule has 2 aromatic heterocycles. The molecule has 6 heteroatoms. The maximum atomic E-state index is 13.3. The number of rotatable bonds is 3. The third-order valence-corrected chi connectivity index (χ3v) is 5.61. The van der Waals surface area contributed by atoms with Crippen LogP contribution in [0.25, 0.3) is 33.2 Å². The third kappa shape index (κ3) is 4.51. The Morgan fingerprint density at radius 1 is 1.09 bits per heavy atom. The Labute approximate surface area is 193 Å². The zero-order valence-electron chi connectivity index (χ0n) is 20.2. The van der Waals surface area contributed by atoms with Crippen LogP contribution in [0.3, 0.4) is 0 Å². The van der Waals surface area contributed by atoms with Crippen LogP contribution in [0, 0.1) is 20.8 Å². The van der Waals surface area contributed by atoms with E-state index in [1.807, 2.05) is 71.9 Å². The summed E-state index contributed by atoms with van der Waals surface area (Å²) in [6.45, 7) is 13.0. The van der Waals surface area contributed by atoms with Crippen molar-refractivity contribution in [1.82, 2.24) is 10.3 Å². The molecule has 0 radical (unpaired) electrons. The van der Waals surface area contributed by atoms with Crippen molar-refractivity contribution in [3.8, 4) is 11.3 Å². The van der Waals surface area contributed by atoms with Gasteiger partial charge in [0, 0.05) is 33.3 Å². The Balaban J connectivity index is 1.85. The first-order valence-electron chi connectivity index (χ1n) is 11.1. The minimum atomic E-state index is -0.607. The maximum Gasteiger partial charge on any atom is 0.408 e. The predicted octanol–water partition coefficient (Wildman–Crippen LogP) is 6.45. The maximum absolute atomic E-state index is 13.3. The van der Waals surface area contributed by atoms with Crippen molar-refractivity contribution < 1.29 is 13.9 Å². The summed E-state index contributed by atoms with van der Waals surface area (Å²) in [4.78, 5) is 29.0. The number of nitrogens with one attached hydrogen (secondary N) is 2. The molecular weight excluding hydrogens is 416 g/mol. The largest absolute Gasteiger partial charge is 0.455 e. The SMILES string of the molecule is Cc1cc(C(C)NC(=O)OC(C)(C)C)c2oc(-c3ccc4[nH]c(C)cc4c3)c(C)c(=O)c2c1. The summed E-state index contributed by atoms with van der Waals surface area (Å²) in [6, 6.07) is 11.4. The number of carbonyl (C=O) groups is 1. The highest BCUT2D eigenvalue weighted by Gasteiger charge is 2.22. The van der Waals surface area contributed by atoms with Crippen LogP contribution in [0.2, 0.25) is 0 Å². The summed E-state index contributed by atoms with van der Waals surface area (Å²) in [5, 5.41) is 4.42. The highest BCUT2D eigenvalue weighted by Crippen LogP contribution is 2.32. The number of amides is 1. The van der Waals surface area contributed by atoms with E-state index in [-0.39, 0.29) is 5.43 Å². The van der Waals surface area contributed by atoms with Crippen LogP contribution in [0.1, 0.15) is 56.1 Å². The Bertz CT molecular complexity index is 1440. The van der Waals surface area contributed by atoms with E-state index < -0.39 is 17.7 Å². The van der Waals surface area contributed by atoms with E-state index in [2.05, 4.69) is 16.4 Å². The molecule has 0 aliphatic heterocycles. The lowest BCUT2D eigenvalue weighted by Gasteiger charge is -2.22. The Hall–Kier alpha value is -3.54. The van der Waals surface area contributed by atoms with Gasteiger partial charge in [0.25, 0.3) is 0 Å². The van der Waals surface area contributed by atoms with Gasteiger partial charge < -0.3 is 19.5 Å². The summed E-state index contributed by atoms with van der Waals surface area (Å²) in [6.07, 6.45) is -0.521. The number of fused-ring (bicyclic) bond motifs is 2. The van der Waals surface area contributed by atoms with E-state index >= 15 is 0 Å². The smallest absolute Gasteiger partial charge is 0.408 e. The molecular formula is C27H30N2O4. The van der Waals surface area contributed by atoms with E-state index in [1.54, 1.807) is 6.92 Å². The highest BCUT2D eigenvalue weighted by atomic mass is 16.6. The molecule has 0 aliphatic carbocycles. The second-order valence-electron chi connectivity index (χ2n) is 9.74. The molecule has 6 nitrogen and oxygen atoms in total. The molecule has 1 atom stereocenters. The summed E-state index contributed by atoms with van der Waals surface area (Å²) < 4.78 is 11.8. The van der Waals surface area contributed by atoms with Gasteiger partial charge in [0.1, 0.15) is 16.9 Å². The first kappa shape index (κ1) is 22.6. The molecule has 0 saturated carbocycles. The fourth-order valence-electron chi connectivity index (χ4n) is 4.15. The second kappa shape index (κ2) is 8.10. The first-order chi connectivity index (χ1) is 15.4. The van der Waals surface area contributed by atoms with Crippen LogP contribution in [-0.2, 0) is 4.74 Å². The van der Waals surface area contributed by atoms with Crippen LogP contribution < -0.4 is 10.7 Å². The number of ether oxygens (including phenoxy) is 1. The molecule has 4 rings (SSSR count). The summed E-state index contributed by atoms with van der Waals surface area (Å²) in [7, 11) is 0. The molecule has 2 aromatic carbocycles. The van der Waals surface area contributed by atoms with Gasteiger partial charge in [-0.1, -0.05) is 6.07 Å². The van der Waals surface area contributed by atoms with Crippen molar-refractivity contribution in [2.75, 3.05) is 0 Å². The van der Waals surface area contributed by atoms with Gasteiger partial charge in [-0.05, 0) is 84.4 Å². The zero-order chi connectivity index (χ0) is 24.1. The molecule has 1 unspecified atom stereocenters. The molecule has 1 amide bonds. The first-order valence-corrected chi connectivity index (χ1v) is 11.1. The molecule has 0 bridgehead atoms. The molecule has 33 heavy (non-hydrogen) atoms. The van der Waals surface area contributed by atoms with Gasteiger partial charge >= 0.3 is 6.09 Å². The van der Waals surface area contributed by atoms with Crippen molar-refractivity contribution in [2.24, 2.45) is 0 Å². The molecule has 2 N–H and O–H groups in total. The van der Waals surface area contributed by atoms with E-state index in [4.69, 9.17) is 9.15 Å². The number of alkyl carbamates (subject to hydrolysis) is 1. The van der Waals surface area contributed by atoms with E-state index in [0.29, 0.717) is 22.3 Å². The second-order valence-corrected chi connectivity index (χ2v) is 9.74. The average molecular weight is 447 g/mol. The molecule has 0 fully saturated rings. The Kier molecular flexibility index (Phi) is 5.56. The Morgan fingerprint density at radius 3 is 2.52 bits per heavy atom. The van der Waals surface area contributed by atoms with Gasteiger partial charge in [-0.2, -0.15) is 0 Å². The topological polar surface area (TPSA) is 84.3 Å². The van der Waals surface area contributed by atoms with Gasteiger partial charge in [-0.25, -0.2) is 4.79 Å². The number of H-pyrrole nitrogens is 1. The highest BCUT2D eigenvalue weighted by molar-refractivity contribution is 5.88. The lowest BCUT2D eigenvalue weighted by atomic mass is 9.99. The van der Waals surface area contributed by atoms with E-state index in [9.17, 15) is 9.59 Å². The number of carbonyl (C=O) groups excluding carboxylic acids is 1. The lowest BCUT2D eigenvalue weighted by Crippen LogP contribution is -2.34. The van der Waals surface area contributed by atoms with Crippen molar-refractivity contribution in [3.05, 3.63) is 69.0 Å². The van der Waals surface area contributed by atoms with Crippen molar-refractivity contribution >= 4 is 28.0 Å². The minimum absolute atomic E-state index is 0.0778. The summed E-state index contributed by atoms with van der Waals surface area (Å²) in [5.41, 5.74) is 4.92. The zero-order valence-corrected chi connectivity index (χ0v) is 20.2. The van der Waals surface area contributed by atoms with Crippen molar-refractivity contribution in [3.63, 3.8) is 0 Å². The number of hydrogen-bond acceptors (Lipinski definition) is 4. The van der Waals surface area contributed by atoms with Crippen LogP contribution in [0.15, 0.2) is 45.6 Å². The van der Waals surface area contributed by atoms with Gasteiger partial charge in [-0.15, -0.1) is 0 Å². The average Bonchev–Trinajstić information content (AvgIpc) is 3.08. The standard InChI is InChI=1S/C27H30N2O4/c1-14-10-20(17(4)29-26(31)33-27(5,6)7)25-21(11-14)23(30)16(3)24(32-25)18-8-9-22-19(13-18)12-15(2)28-22/h8-13,17,28H,1-7H3,(H,29,31). The molecule has 172 valence electrons. The normalized spacial score (nSPS) is 12.8. The van der Waals surface area contributed by atoms with Gasteiger partial charge in [0.15, 0.2) is 5.43 Å². The minimum Gasteiger partial charge on any atom is -0.455 e. The predicted molar refractivity (Wildman–Crippen MR) is 132 cm³/mol. The van der Waals surface area contributed by atoms with Crippen molar-refractivity contribution in [1.29, 1.82) is 0 Å². The van der Waals surface area contributed by atoms with Gasteiger partial charge in [0.2, 0.25) is 0 Å². The molecule has 0 spiro atoms. The number of aromatic nitrogens is 1. The van der Waals surface area contributed by atoms with Crippen LogP contribution in [0.4, 0.5) is 4.79 Å². The summed E-state index contributed by atoms with van der Waals surface area (Å²) >= 11 is 0. The molecule has 0 aliphatic rings. The fourth-order valence-corrected chi connectivity index (χ4v) is 4.15. The quantitative estimate of drug-likeness (QED) is 0.379. The van der Waals surface area contributed by atoms with Crippen LogP contribution in [-0.4, -0.2) is 16.7 Å². The number of benzene rings is 2. The number of aryl methyl sites for hydroxylation is 2. The van der Waals surface area contributed by atoms with Crippen LogP contribution in [0.5, 0.6) is 0 Å². The molecule has 4 aromatic rings. The summed E-state index contributed by atoms with van der Waals surface area (Å²) in [5.74, 6) is 0.530. The van der Waals surface area contributed by atoms with E-state index in [0.717, 1.165) is 33.3 Å².